The van der Waals surface area contributed by atoms with Crippen molar-refractivity contribution in [2.75, 3.05) is 0 Å². The third-order valence-electron chi connectivity index (χ3n) is 6.26. The summed E-state index contributed by atoms with van der Waals surface area (Å²) in [6, 6.07) is 32.8. The maximum Gasteiger partial charge on any atom is 0.209 e. The number of ketones is 2. The first-order valence-electron chi connectivity index (χ1n) is 11.2. The molecule has 0 spiro atoms. The Morgan fingerprint density at radius 3 is 2.24 bits per heavy atom. The second kappa shape index (κ2) is 7.78. The molecule has 0 saturated carbocycles. The number of carbonyl (C=O) groups excluding carboxylic acids is 2. The van der Waals surface area contributed by atoms with Gasteiger partial charge in [-0.2, -0.15) is 0 Å². The number of nitrogens with zero attached hydrogens (tertiary/aromatic N) is 2. The maximum absolute atomic E-state index is 13.6. The van der Waals surface area contributed by atoms with E-state index in [4.69, 9.17) is 4.98 Å². The summed E-state index contributed by atoms with van der Waals surface area (Å²) < 4.78 is 1.92. The van der Waals surface area contributed by atoms with E-state index in [-0.39, 0.29) is 11.6 Å². The SMILES string of the molecule is CC(=O)c1cc(C(=O)c2ccccc2)n2c1c(-c1ccc3ccccc3n1)cc1ccccc12. The standard InChI is InChI=1S/C30H20N2O2/c1-19(33)23-18-28(30(34)21-10-3-2-4-11-21)32-27-14-8-6-12-22(27)17-24(29(23)32)26-16-15-20-9-5-7-13-25(20)31-26/h2-18H,1H3. The van der Waals surface area contributed by atoms with Crippen LogP contribution in [0.3, 0.4) is 0 Å². The Kier molecular flexibility index (Phi) is 4.59. The van der Waals surface area contributed by atoms with Gasteiger partial charge in [-0.25, -0.2) is 4.98 Å². The molecule has 0 radical (unpaired) electrons. The van der Waals surface area contributed by atoms with E-state index in [2.05, 4.69) is 6.07 Å². The largest absolute Gasteiger partial charge is 0.305 e. The van der Waals surface area contributed by atoms with E-state index in [1.165, 1.54) is 0 Å². The Morgan fingerprint density at radius 2 is 1.44 bits per heavy atom. The highest BCUT2D eigenvalue weighted by Crippen LogP contribution is 2.35. The third-order valence-corrected chi connectivity index (χ3v) is 6.26. The van der Waals surface area contributed by atoms with Crippen molar-refractivity contribution in [3.8, 4) is 11.3 Å². The Morgan fingerprint density at radius 1 is 0.735 bits per heavy atom. The Labute approximate surface area is 196 Å². The number of hydrogen-bond donors (Lipinski definition) is 0. The minimum Gasteiger partial charge on any atom is -0.305 e. The van der Waals surface area contributed by atoms with Crippen molar-refractivity contribution in [1.29, 1.82) is 0 Å². The average molecular weight is 441 g/mol. The molecule has 3 aromatic carbocycles. The summed E-state index contributed by atoms with van der Waals surface area (Å²) in [5, 5.41) is 2.01. The average Bonchev–Trinajstić information content (AvgIpc) is 3.29. The van der Waals surface area contributed by atoms with Crippen LogP contribution in [0.5, 0.6) is 0 Å². The van der Waals surface area contributed by atoms with E-state index in [1.807, 2.05) is 83.3 Å². The van der Waals surface area contributed by atoms with Gasteiger partial charge in [0.25, 0.3) is 0 Å². The molecule has 0 bridgehead atoms. The number of aromatic nitrogens is 2. The minimum absolute atomic E-state index is 0.0954. The molecule has 6 rings (SSSR count). The number of Topliss-reactive ketones (excluding diaryl/α,β-unsaturated/α-hetero) is 1. The second-order valence-corrected chi connectivity index (χ2v) is 8.38. The van der Waals surface area contributed by atoms with Crippen molar-refractivity contribution in [3.05, 3.63) is 120 Å². The van der Waals surface area contributed by atoms with Crippen molar-refractivity contribution in [1.82, 2.24) is 9.38 Å². The second-order valence-electron chi connectivity index (χ2n) is 8.38. The number of fused-ring (bicyclic) bond motifs is 4. The fourth-order valence-electron chi connectivity index (χ4n) is 4.65. The third kappa shape index (κ3) is 3.11. The smallest absolute Gasteiger partial charge is 0.209 e. The molecule has 3 aromatic heterocycles. The number of para-hydroxylation sites is 2. The molecule has 162 valence electrons. The lowest BCUT2D eigenvalue weighted by atomic mass is 10.0. The van der Waals surface area contributed by atoms with Gasteiger partial charge in [-0.15, -0.1) is 0 Å². The van der Waals surface area contributed by atoms with Crippen LogP contribution in [-0.4, -0.2) is 21.0 Å². The molecule has 0 N–H and O–H groups in total. The molecule has 0 saturated heterocycles. The number of pyridine rings is 2. The van der Waals surface area contributed by atoms with E-state index in [9.17, 15) is 9.59 Å². The van der Waals surface area contributed by atoms with Crippen LogP contribution in [-0.2, 0) is 0 Å². The predicted molar refractivity (Wildman–Crippen MR) is 136 cm³/mol. The summed E-state index contributed by atoms with van der Waals surface area (Å²) >= 11 is 0. The summed E-state index contributed by atoms with van der Waals surface area (Å²) in [6.45, 7) is 1.54. The van der Waals surface area contributed by atoms with Gasteiger partial charge in [-0.3, -0.25) is 9.59 Å². The van der Waals surface area contributed by atoms with Crippen molar-refractivity contribution in [2.24, 2.45) is 0 Å². The highest BCUT2D eigenvalue weighted by atomic mass is 16.1. The molecular formula is C30H20N2O2. The van der Waals surface area contributed by atoms with Crippen LogP contribution in [0.25, 0.3) is 38.6 Å². The fourth-order valence-corrected chi connectivity index (χ4v) is 4.65. The molecule has 0 fully saturated rings. The van der Waals surface area contributed by atoms with Crippen LogP contribution in [0.15, 0.2) is 103 Å². The van der Waals surface area contributed by atoms with E-state index >= 15 is 0 Å². The first kappa shape index (κ1) is 20.1. The van der Waals surface area contributed by atoms with Gasteiger partial charge in [-0.05, 0) is 42.6 Å². The van der Waals surface area contributed by atoms with Gasteiger partial charge in [0.1, 0.15) is 0 Å². The zero-order valence-corrected chi connectivity index (χ0v) is 18.5. The van der Waals surface area contributed by atoms with Crippen molar-refractivity contribution in [2.45, 2.75) is 6.92 Å². The molecule has 4 heteroatoms. The Balaban J connectivity index is 1.74. The molecule has 0 amide bonds. The van der Waals surface area contributed by atoms with Crippen molar-refractivity contribution < 1.29 is 9.59 Å². The van der Waals surface area contributed by atoms with E-state index in [0.29, 0.717) is 22.3 Å². The molecule has 3 heterocycles. The first-order chi connectivity index (χ1) is 16.6. The van der Waals surface area contributed by atoms with Crippen molar-refractivity contribution in [3.63, 3.8) is 0 Å². The highest BCUT2D eigenvalue weighted by Gasteiger charge is 2.24. The Hall–Kier alpha value is -4.57. The van der Waals surface area contributed by atoms with Crippen LogP contribution in [0, 0.1) is 0 Å². The maximum atomic E-state index is 13.6. The number of benzene rings is 3. The van der Waals surface area contributed by atoms with Crippen molar-refractivity contribution >= 4 is 38.9 Å². The summed E-state index contributed by atoms with van der Waals surface area (Å²) in [5.74, 6) is -0.223. The lowest BCUT2D eigenvalue weighted by Gasteiger charge is -2.13. The monoisotopic (exact) mass is 440 g/mol. The highest BCUT2D eigenvalue weighted by molar-refractivity contribution is 6.15. The summed E-state index contributed by atoms with van der Waals surface area (Å²) in [7, 11) is 0. The van der Waals surface area contributed by atoms with E-state index in [1.54, 1.807) is 25.1 Å². The topological polar surface area (TPSA) is 51.4 Å². The minimum atomic E-state index is -0.128. The van der Waals surface area contributed by atoms with E-state index < -0.39 is 0 Å². The molecule has 4 nitrogen and oxygen atoms in total. The van der Waals surface area contributed by atoms with Gasteiger partial charge in [0, 0.05) is 22.1 Å². The molecule has 0 aliphatic rings. The van der Waals surface area contributed by atoms with Crippen LogP contribution in [0.2, 0.25) is 0 Å². The van der Waals surface area contributed by atoms with Crippen LogP contribution >= 0.6 is 0 Å². The van der Waals surface area contributed by atoms with Gasteiger partial charge >= 0.3 is 0 Å². The molecule has 0 unspecified atom stereocenters. The molecule has 0 aliphatic heterocycles. The van der Waals surface area contributed by atoms with Crippen LogP contribution in [0.4, 0.5) is 0 Å². The van der Waals surface area contributed by atoms with Crippen LogP contribution in [0.1, 0.15) is 33.3 Å². The number of hydrogen-bond acceptors (Lipinski definition) is 3. The molecular weight excluding hydrogens is 420 g/mol. The van der Waals surface area contributed by atoms with Gasteiger partial charge in [0.15, 0.2) is 5.78 Å². The molecule has 34 heavy (non-hydrogen) atoms. The zero-order valence-electron chi connectivity index (χ0n) is 18.5. The number of carbonyl (C=O) groups is 2. The first-order valence-corrected chi connectivity index (χ1v) is 11.2. The lowest BCUT2D eigenvalue weighted by Crippen LogP contribution is -2.06. The molecule has 0 atom stereocenters. The summed E-state index contributed by atoms with van der Waals surface area (Å²) in [5.41, 5.74) is 5.58. The van der Waals surface area contributed by atoms with E-state index in [0.717, 1.165) is 33.1 Å². The lowest BCUT2D eigenvalue weighted by molar-refractivity contribution is 0.101. The summed E-state index contributed by atoms with van der Waals surface area (Å²) in [6.07, 6.45) is 0. The van der Waals surface area contributed by atoms with Gasteiger partial charge < -0.3 is 4.40 Å². The van der Waals surface area contributed by atoms with Gasteiger partial charge in [0.05, 0.1) is 27.9 Å². The Bertz CT molecular complexity index is 1750. The van der Waals surface area contributed by atoms with Gasteiger partial charge in [0.2, 0.25) is 5.78 Å². The number of rotatable bonds is 4. The molecule has 0 aliphatic carbocycles. The quantitative estimate of drug-likeness (QED) is 0.285. The van der Waals surface area contributed by atoms with Gasteiger partial charge in [-0.1, -0.05) is 72.8 Å². The van der Waals surface area contributed by atoms with Crippen LogP contribution < -0.4 is 0 Å². The molecule has 6 aromatic rings. The summed E-state index contributed by atoms with van der Waals surface area (Å²) in [4.78, 5) is 31.3. The fraction of sp³-hybridized carbons (Fsp3) is 0.0333. The predicted octanol–water partition coefficient (Wildman–Crippen LogP) is 6.74. The zero-order chi connectivity index (χ0) is 23.2. The normalized spacial score (nSPS) is 11.3.